The van der Waals surface area contributed by atoms with Gasteiger partial charge in [-0.05, 0) is 17.7 Å². The fourth-order valence-electron chi connectivity index (χ4n) is 2.29. The van der Waals surface area contributed by atoms with E-state index in [0.717, 1.165) is 12.1 Å². The Morgan fingerprint density at radius 1 is 1.27 bits per heavy atom. The lowest BCUT2D eigenvalue weighted by Gasteiger charge is -2.33. The molecule has 4 nitrogen and oxygen atoms in total. The summed E-state index contributed by atoms with van der Waals surface area (Å²) in [6.07, 6.45) is -3.51. The molecule has 0 bridgehead atoms. The molecule has 8 heteroatoms. The second kappa shape index (κ2) is 6.55. The van der Waals surface area contributed by atoms with Crippen molar-refractivity contribution >= 4 is 9.84 Å². The lowest BCUT2D eigenvalue weighted by molar-refractivity contribution is -0.137. The molecule has 1 aromatic rings. The molecule has 0 amide bonds. The molecule has 0 aromatic heterocycles. The standard InChI is InChI=1S/C14H18F3NO3S/c1-22(19,20)9-7-18-6-8-21-13(10-18)11-2-4-12(5-3-11)14(15,16)17/h2-5,13H,6-10H2,1H3/t13-/m1/s1. The average molecular weight is 337 g/mol. The zero-order valence-electron chi connectivity index (χ0n) is 12.1. The lowest BCUT2D eigenvalue weighted by Crippen LogP contribution is -2.40. The van der Waals surface area contributed by atoms with E-state index in [2.05, 4.69) is 0 Å². The molecule has 1 atom stereocenters. The molecule has 0 aliphatic carbocycles. The third kappa shape index (κ3) is 4.96. The predicted octanol–water partition coefficient (Wildman–Crippen LogP) is 2.12. The highest BCUT2D eigenvalue weighted by atomic mass is 32.2. The summed E-state index contributed by atoms with van der Waals surface area (Å²) in [5, 5.41) is 0. The highest BCUT2D eigenvalue weighted by molar-refractivity contribution is 7.90. The van der Waals surface area contributed by atoms with Gasteiger partial charge in [0.1, 0.15) is 9.84 Å². The fourth-order valence-corrected chi connectivity index (χ4v) is 2.88. The van der Waals surface area contributed by atoms with Crippen molar-refractivity contribution in [2.75, 3.05) is 38.2 Å². The molecule has 1 aliphatic heterocycles. The summed E-state index contributed by atoms with van der Waals surface area (Å²) in [6.45, 7) is 1.92. The van der Waals surface area contributed by atoms with Crippen LogP contribution < -0.4 is 0 Å². The van der Waals surface area contributed by atoms with Gasteiger partial charge in [0.05, 0.1) is 24.0 Å². The quantitative estimate of drug-likeness (QED) is 0.844. The molecule has 0 radical (unpaired) electrons. The highest BCUT2D eigenvalue weighted by Gasteiger charge is 2.30. The van der Waals surface area contributed by atoms with Crippen LogP contribution >= 0.6 is 0 Å². The van der Waals surface area contributed by atoms with Crippen molar-refractivity contribution in [3.63, 3.8) is 0 Å². The maximum absolute atomic E-state index is 12.5. The molecular weight excluding hydrogens is 319 g/mol. The number of hydrogen-bond acceptors (Lipinski definition) is 4. The molecule has 1 saturated heterocycles. The largest absolute Gasteiger partial charge is 0.416 e. The van der Waals surface area contributed by atoms with E-state index in [1.807, 2.05) is 4.90 Å². The molecular formula is C14H18F3NO3S. The number of halogens is 3. The van der Waals surface area contributed by atoms with Crippen LogP contribution in [0.15, 0.2) is 24.3 Å². The lowest BCUT2D eigenvalue weighted by atomic mass is 10.1. The summed E-state index contributed by atoms with van der Waals surface area (Å²) in [7, 11) is -3.04. The molecule has 0 spiro atoms. The summed E-state index contributed by atoms with van der Waals surface area (Å²) in [4.78, 5) is 1.95. The molecule has 1 fully saturated rings. The van der Waals surface area contributed by atoms with Gasteiger partial charge in [-0.25, -0.2) is 8.42 Å². The smallest absolute Gasteiger partial charge is 0.371 e. The minimum Gasteiger partial charge on any atom is -0.371 e. The Hall–Kier alpha value is -1.12. The van der Waals surface area contributed by atoms with Crippen LogP contribution in [0.1, 0.15) is 17.2 Å². The van der Waals surface area contributed by atoms with Crippen LogP contribution in [0.25, 0.3) is 0 Å². The summed E-state index contributed by atoms with van der Waals surface area (Å²) in [5.74, 6) is 0.0622. The van der Waals surface area contributed by atoms with E-state index < -0.39 is 21.6 Å². The molecule has 1 heterocycles. The van der Waals surface area contributed by atoms with Crippen molar-refractivity contribution in [1.82, 2.24) is 4.90 Å². The van der Waals surface area contributed by atoms with E-state index in [1.54, 1.807) is 0 Å². The Labute approximate surface area is 127 Å². The molecule has 1 aromatic carbocycles. The van der Waals surface area contributed by atoms with E-state index in [4.69, 9.17) is 4.74 Å². The van der Waals surface area contributed by atoms with E-state index in [1.165, 1.54) is 18.4 Å². The highest BCUT2D eigenvalue weighted by Crippen LogP contribution is 2.31. The van der Waals surface area contributed by atoms with Crippen molar-refractivity contribution in [3.05, 3.63) is 35.4 Å². The van der Waals surface area contributed by atoms with Crippen LogP contribution in [0.3, 0.4) is 0 Å². The average Bonchev–Trinajstić information content (AvgIpc) is 2.44. The van der Waals surface area contributed by atoms with Gasteiger partial charge in [0, 0.05) is 25.9 Å². The minimum atomic E-state index is -4.35. The van der Waals surface area contributed by atoms with Gasteiger partial charge in [0.2, 0.25) is 0 Å². The first-order valence-electron chi connectivity index (χ1n) is 6.84. The number of nitrogens with zero attached hydrogens (tertiary/aromatic N) is 1. The van der Waals surface area contributed by atoms with Gasteiger partial charge in [-0.1, -0.05) is 12.1 Å². The van der Waals surface area contributed by atoms with Crippen LogP contribution in [0.5, 0.6) is 0 Å². The van der Waals surface area contributed by atoms with E-state index in [0.29, 0.717) is 31.8 Å². The molecule has 0 unspecified atom stereocenters. The topological polar surface area (TPSA) is 46.6 Å². The van der Waals surface area contributed by atoms with E-state index >= 15 is 0 Å². The van der Waals surface area contributed by atoms with Crippen LogP contribution in [0, 0.1) is 0 Å². The van der Waals surface area contributed by atoms with Crippen molar-refractivity contribution in [1.29, 1.82) is 0 Å². The third-order valence-electron chi connectivity index (χ3n) is 3.54. The van der Waals surface area contributed by atoms with Gasteiger partial charge >= 0.3 is 6.18 Å². The Morgan fingerprint density at radius 3 is 2.45 bits per heavy atom. The summed E-state index contributed by atoms with van der Waals surface area (Å²) < 4.78 is 65.6. The van der Waals surface area contributed by atoms with Crippen LogP contribution in [-0.4, -0.2) is 51.6 Å². The van der Waals surface area contributed by atoms with Crippen molar-refractivity contribution < 1.29 is 26.3 Å². The molecule has 0 N–H and O–H groups in total. The number of ether oxygens (including phenoxy) is 1. The number of alkyl halides is 3. The normalized spacial score (nSPS) is 21.0. The van der Waals surface area contributed by atoms with E-state index in [9.17, 15) is 21.6 Å². The molecule has 22 heavy (non-hydrogen) atoms. The van der Waals surface area contributed by atoms with Crippen molar-refractivity contribution in [2.45, 2.75) is 12.3 Å². The number of rotatable bonds is 4. The predicted molar refractivity (Wildman–Crippen MR) is 76.3 cm³/mol. The van der Waals surface area contributed by atoms with Crippen LogP contribution in [-0.2, 0) is 20.8 Å². The van der Waals surface area contributed by atoms with Gasteiger partial charge < -0.3 is 4.74 Å². The van der Waals surface area contributed by atoms with E-state index in [-0.39, 0.29) is 11.9 Å². The number of morpholine rings is 1. The Balaban J connectivity index is 2.00. The molecule has 1 aliphatic rings. The molecule has 0 saturated carbocycles. The first-order chi connectivity index (χ1) is 10.1. The summed E-state index contributed by atoms with van der Waals surface area (Å²) in [6, 6.07) is 4.89. The first-order valence-corrected chi connectivity index (χ1v) is 8.90. The third-order valence-corrected chi connectivity index (χ3v) is 4.46. The van der Waals surface area contributed by atoms with Crippen LogP contribution in [0.4, 0.5) is 13.2 Å². The van der Waals surface area contributed by atoms with Gasteiger partial charge in [-0.3, -0.25) is 4.90 Å². The summed E-state index contributed by atoms with van der Waals surface area (Å²) >= 11 is 0. The Morgan fingerprint density at radius 2 is 1.91 bits per heavy atom. The SMILES string of the molecule is CS(=O)(=O)CCN1CCO[C@@H](c2ccc(C(F)(F)F)cc2)C1. The maximum Gasteiger partial charge on any atom is 0.416 e. The minimum absolute atomic E-state index is 0.0622. The fraction of sp³-hybridized carbons (Fsp3) is 0.571. The number of benzene rings is 1. The second-order valence-corrected chi connectivity index (χ2v) is 7.67. The zero-order valence-corrected chi connectivity index (χ0v) is 13.0. The van der Waals surface area contributed by atoms with Gasteiger partial charge in [-0.15, -0.1) is 0 Å². The van der Waals surface area contributed by atoms with Gasteiger partial charge in [0.15, 0.2) is 0 Å². The van der Waals surface area contributed by atoms with Gasteiger partial charge in [-0.2, -0.15) is 13.2 Å². The molecule has 2 rings (SSSR count). The first kappa shape index (κ1) is 17.2. The number of hydrogen-bond donors (Lipinski definition) is 0. The number of sulfone groups is 1. The van der Waals surface area contributed by atoms with Crippen LogP contribution in [0.2, 0.25) is 0 Å². The summed E-state index contributed by atoms with van der Waals surface area (Å²) in [5.41, 5.74) is -0.0296. The van der Waals surface area contributed by atoms with Crippen molar-refractivity contribution in [2.24, 2.45) is 0 Å². The monoisotopic (exact) mass is 337 g/mol. The Kier molecular flexibility index (Phi) is 5.14. The van der Waals surface area contributed by atoms with Gasteiger partial charge in [0.25, 0.3) is 0 Å². The van der Waals surface area contributed by atoms with Crippen molar-refractivity contribution in [3.8, 4) is 0 Å². The second-order valence-electron chi connectivity index (χ2n) is 5.41. The molecule has 124 valence electrons. The zero-order chi connectivity index (χ0) is 16.4. The Bertz CT molecular complexity index is 599. The maximum atomic E-state index is 12.5.